The van der Waals surface area contributed by atoms with Crippen LogP contribution in [0.5, 0.6) is 5.75 Å². The van der Waals surface area contributed by atoms with Crippen LogP contribution in [0.25, 0.3) is 0 Å². The van der Waals surface area contributed by atoms with Gasteiger partial charge in [0.2, 0.25) is 0 Å². The Bertz CT molecular complexity index is 791. The lowest BCUT2D eigenvalue weighted by Gasteiger charge is -2.19. The van der Waals surface area contributed by atoms with Crippen LogP contribution in [0.1, 0.15) is 22.6 Å². The molecule has 0 saturated carbocycles. The molecule has 2 aromatic carbocycles. The van der Waals surface area contributed by atoms with Crippen molar-refractivity contribution in [3.63, 3.8) is 0 Å². The van der Waals surface area contributed by atoms with Crippen molar-refractivity contribution in [2.24, 2.45) is 0 Å². The maximum atomic E-state index is 11.8. The summed E-state index contributed by atoms with van der Waals surface area (Å²) in [6.07, 6.45) is 1.87. The van der Waals surface area contributed by atoms with E-state index < -0.39 is 9.84 Å². The molecule has 0 aromatic heterocycles. The summed E-state index contributed by atoms with van der Waals surface area (Å²) in [6.45, 7) is 1.57. The van der Waals surface area contributed by atoms with Crippen LogP contribution in [0.4, 0.5) is 0 Å². The van der Waals surface area contributed by atoms with Crippen LogP contribution >= 0.6 is 17.0 Å². The molecule has 0 bridgehead atoms. The third-order valence-corrected chi connectivity index (χ3v) is 5.24. The predicted molar refractivity (Wildman–Crippen MR) is 96.4 cm³/mol. The standard InChI is InChI=1S/C17H19NO3S.BrH/c1-22(20,21)17-9-13-7-8-18-11-15(14(13)10-16(17)19)12-5-3-2-4-6-12;/h2-6,9-10,15,18-19H,7-8,11H2,1H3;1H. The largest absolute Gasteiger partial charge is 0.507 e. The van der Waals surface area contributed by atoms with Gasteiger partial charge in [-0.15, -0.1) is 17.0 Å². The lowest BCUT2D eigenvalue weighted by molar-refractivity contribution is 0.457. The first-order chi connectivity index (χ1) is 10.5. The van der Waals surface area contributed by atoms with Gasteiger partial charge in [0, 0.05) is 18.7 Å². The third-order valence-electron chi connectivity index (χ3n) is 4.12. The fraction of sp³-hybridized carbons (Fsp3) is 0.294. The first-order valence-electron chi connectivity index (χ1n) is 7.28. The van der Waals surface area contributed by atoms with E-state index in [2.05, 4.69) is 17.4 Å². The maximum absolute atomic E-state index is 11.8. The van der Waals surface area contributed by atoms with E-state index in [0.29, 0.717) is 0 Å². The van der Waals surface area contributed by atoms with Crippen molar-refractivity contribution < 1.29 is 13.5 Å². The van der Waals surface area contributed by atoms with Crippen LogP contribution in [-0.4, -0.2) is 32.9 Å². The summed E-state index contributed by atoms with van der Waals surface area (Å²) in [6, 6.07) is 13.3. The molecule has 1 atom stereocenters. The number of fused-ring (bicyclic) bond motifs is 1. The van der Waals surface area contributed by atoms with Gasteiger partial charge in [0.1, 0.15) is 10.6 Å². The van der Waals surface area contributed by atoms with Gasteiger partial charge in [0.15, 0.2) is 9.84 Å². The lowest BCUT2D eigenvalue weighted by Crippen LogP contribution is -2.20. The highest BCUT2D eigenvalue weighted by molar-refractivity contribution is 8.93. The molecule has 0 saturated heterocycles. The molecule has 2 aromatic rings. The Balaban J connectivity index is 0.00000192. The Hall–Kier alpha value is -1.37. The van der Waals surface area contributed by atoms with Crippen molar-refractivity contribution in [3.05, 3.63) is 59.2 Å². The molecule has 124 valence electrons. The summed E-state index contributed by atoms with van der Waals surface area (Å²) in [4.78, 5) is 0.0139. The Labute approximate surface area is 147 Å². The van der Waals surface area contributed by atoms with Crippen LogP contribution in [0.2, 0.25) is 0 Å². The zero-order valence-electron chi connectivity index (χ0n) is 12.8. The zero-order chi connectivity index (χ0) is 15.7. The number of halogens is 1. The van der Waals surface area contributed by atoms with E-state index in [1.807, 2.05) is 18.2 Å². The number of phenolic OH excluding ortho intramolecular Hbond substituents is 1. The first kappa shape index (κ1) is 18.0. The van der Waals surface area contributed by atoms with E-state index >= 15 is 0 Å². The maximum Gasteiger partial charge on any atom is 0.179 e. The number of aromatic hydroxyl groups is 1. The van der Waals surface area contributed by atoms with Gasteiger partial charge in [-0.05, 0) is 41.8 Å². The number of benzene rings is 2. The van der Waals surface area contributed by atoms with Gasteiger partial charge in [-0.1, -0.05) is 30.3 Å². The highest BCUT2D eigenvalue weighted by atomic mass is 79.9. The molecule has 2 N–H and O–H groups in total. The van der Waals surface area contributed by atoms with Gasteiger partial charge in [0.05, 0.1) is 0 Å². The molecular formula is C17H20BrNO3S. The van der Waals surface area contributed by atoms with Crippen molar-refractivity contribution in [3.8, 4) is 5.75 Å². The number of hydrogen-bond acceptors (Lipinski definition) is 4. The molecule has 1 heterocycles. The highest BCUT2D eigenvalue weighted by Crippen LogP contribution is 2.35. The topological polar surface area (TPSA) is 66.4 Å². The number of nitrogens with one attached hydrogen (secondary N) is 1. The molecule has 0 spiro atoms. The smallest absolute Gasteiger partial charge is 0.179 e. The van der Waals surface area contributed by atoms with Gasteiger partial charge in [-0.3, -0.25) is 0 Å². The van der Waals surface area contributed by atoms with Crippen LogP contribution in [-0.2, 0) is 16.3 Å². The second-order valence-corrected chi connectivity index (χ2v) is 7.69. The quantitative estimate of drug-likeness (QED) is 0.817. The summed E-state index contributed by atoms with van der Waals surface area (Å²) in [5.41, 5.74) is 3.14. The van der Waals surface area contributed by atoms with Crippen LogP contribution in [0, 0.1) is 0 Å². The SMILES string of the molecule is Br.CS(=O)(=O)c1cc2c(cc1O)C(c1ccccc1)CNCC2. The molecular weight excluding hydrogens is 378 g/mol. The summed E-state index contributed by atoms with van der Waals surface area (Å²) in [5, 5.41) is 13.5. The zero-order valence-corrected chi connectivity index (χ0v) is 15.3. The lowest BCUT2D eigenvalue weighted by atomic mass is 9.88. The minimum absolute atomic E-state index is 0. The van der Waals surface area contributed by atoms with Crippen LogP contribution in [0.3, 0.4) is 0 Å². The molecule has 0 aliphatic carbocycles. The van der Waals surface area contributed by atoms with Gasteiger partial charge in [-0.25, -0.2) is 8.42 Å². The summed E-state index contributed by atoms with van der Waals surface area (Å²) in [7, 11) is -3.43. The summed E-state index contributed by atoms with van der Waals surface area (Å²) in [5.74, 6) is -0.0534. The van der Waals surface area contributed by atoms with Gasteiger partial charge < -0.3 is 10.4 Å². The fourth-order valence-electron chi connectivity index (χ4n) is 3.03. The van der Waals surface area contributed by atoms with E-state index in [4.69, 9.17) is 0 Å². The molecule has 1 aliphatic heterocycles. The normalized spacial score (nSPS) is 17.7. The molecule has 23 heavy (non-hydrogen) atoms. The number of rotatable bonds is 2. The van der Waals surface area contributed by atoms with Crippen molar-refractivity contribution in [2.75, 3.05) is 19.3 Å². The molecule has 4 nitrogen and oxygen atoms in total. The van der Waals surface area contributed by atoms with E-state index in [-0.39, 0.29) is 33.5 Å². The Kier molecular flexibility index (Phi) is 5.49. The average Bonchev–Trinajstić information content (AvgIpc) is 2.68. The Morgan fingerprint density at radius 1 is 1.17 bits per heavy atom. The molecule has 0 radical (unpaired) electrons. The Morgan fingerprint density at radius 3 is 2.52 bits per heavy atom. The minimum atomic E-state index is -3.43. The molecule has 1 aliphatic rings. The average molecular weight is 398 g/mol. The molecule has 0 fully saturated rings. The number of sulfone groups is 1. The van der Waals surface area contributed by atoms with Gasteiger partial charge >= 0.3 is 0 Å². The number of hydrogen-bond donors (Lipinski definition) is 2. The second kappa shape index (κ2) is 7.03. The van der Waals surface area contributed by atoms with E-state index in [9.17, 15) is 13.5 Å². The summed E-state index contributed by atoms with van der Waals surface area (Å²) < 4.78 is 23.6. The van der Waals surface area contributed by atoms with Crippen LogP contribution in [0.15, 0.2) is 47.4 Å². The van der Waals surface area contributed by atoms with E-state index in [1.54, 1.807) is 12.1 Å². The molecule has 3 rings (SSSR count). The van der Waals surface area contributed by atoms with E-state index in [1.165, 1.54) is 0 Å². The molecule has 0 amide bonds. The first-order valence-corrected chi connectivity index (χ1v) is 9.17. The number of phenols is 1. The molecule has 1 unspecified atom stereocenters. The van der Waals surface area contributed by atoms with Crippen molar-refractivity contribution in [2.45, 2.75) is 17.2 Å². The monoisotopic (exact) mass is 397 g/mol. The van der Waals surface area contributed by atoms with Gasteiger partial charge in [0.25, 0.3) is 0 Å². The highest BCUT2D eigenvalue weighted by Gasteiger charge is 2.24. The second-order valence-electron chi connectivity index (χ2n) is 5.71. The van der Waals surface area contributed by atoms with E-state index in [0.717, 1.165) is 42.5 Å². The summed E-state index contributed by atoms with van der Waals surface area (Å²) >= 11 is 0. The third kappa shape index (κ3) is 3.76. The van der Waals surface area contributed by atoms with Crippen LogP contribution < -0.4 is 5.32 Å². The van der Waals surface area contributed by atoms with Crippen molar-refractivity contribution in [1.29, 1.82) is 0 Å². The minimum Gasteiger partial charge on any atom is -0.507 e. The van der Waals surface area contributed by atoms with Crippen molar-refractivity contribution in [1.82, 2.24) is 5.32 Å². The van der Waals surface area contributed by atoms with Gasteiger partial charge in [-0.2, -0.15) is 0 Å². The predicted octanol–water partition coefficient (Wildman–Crippen LogP) is 2.65. The molecule has 6 heteroatoms. The fourth-order valence-corrected chi connectivity index (χ4v) is 3.82. The van der Waals surface area contributed by atoms with Crippen molar-refractivity contribution >= 4 is 26.8 Å². The Morgan fingerprint density at radius 2 is 1.87 bits per heavy atom.